The second kappa shape index (κ2) is 9.22. The number of hydrogen-bond acceptors (Lipinski definition) is 6. The number of aryl methyl sites for hydroxylation is 1. The van der Waals surface area contributed by atoms with E-state index in [1.165, 1.54) is 17.4 Å². The fourth-order valence-corrected chi connectivity index (χ4v) is 3.88. The summed E-state index contributed by atoms with van der Waals surface area (Å²) in [4.78, 5) is 23.3. The average Bonchev–Trinajstić information content (AvgIpc) is 2.76. The van der Waals surface area contributed by atoms with Crippen LogP contribution in [0.15, 0.2) is 36.7 Å². The molecule has 7 nitrogen and oxygen atoms in total. The Morgan fingerprint density at radius 2 is 1.79 bits per heavy atom. The van der Waals surface area contributed by atoms with Crippen molar-refractivity contribution in [2.45, 2.75) is 44.8 Å². The van der Waals surface area contributed by atoms with E-state index in [4.69, 9.17) is 4.74 Å². The van der Waals surface area contributed by atoms with Gasteiger partial charge < -0.3 is 20.3 Å². The molecule has 2 N–H and O–H groups in total. The number of rotatable bonds is 5. The number of ether oxygens (including phenoxy) is 1. The molecule has 29 heavy (non-hydrogen) atoms. The number of nitrogens with zero attached hydrogens (tertiary/aromatic N) is 3. The van der Waals surface area contributed by atoms with Crippen molar-refractivity contribution in [2.75, 3.05) is 31.1 Å². The van der Waals surface area contributed by atoms with Crippen molar-refractivity contribution >= 4 is 11.6 Å². The van der Waals surface area contributed by atoms with Crippen molar-refractivity contribution in [3.63, 3.8) is 0 Å². The van der Waals surface area contributed by atoms with Crippen LogP contribution in [0.3, 0.4) is 0 Å². The third-order valence-electron chi connectivity index (χ3n) is 5.66. The molecule has 2 aromatic rings. The van der Waals surface area contributed by atoms with Crippen LogP contribution in [-0.4, -0.2) is 54.2 Å². The van der Waals surface area contributed by atoms with E-state index in [1.807, 2.05) is 0 Å². The van der Waals surface area contributed by atoms with Crippen LogP contribution in [-0.2, 0) is 0 Å². The molecule has 2 aliphatic heterocycles. The van der Waals surface area contributed by atoms with Gasteiger partial charge in [-0.05, 0) is 45.0 Å². The summed E-state index contributed by atoms with van der Waals surface area (Å²) in [7, 11) is 0. The van der Waals surface area contributed by atoms with Crippen LogP contribution in [0.1, 0.15) is 41.7 Å². The van der Waals surface area contributed by atoms with Crippen LogP contribution in [0.25, 0.3) is 0 Å². The smallest absolute Gasteiger partial charge is 0.271 e. The van der Waals surface area contributed by atoms with Crippen molar-refractivity contribution in [2.24, 2.45) is 0 Å². The lowest BCUT2D eigenvalue weighted by molar-refractivity contribution is 0.0923. The molecule has 154 valence electrons. The Morgan fingerprint density at radius 3 is 2.45 bits per heavy atom. The summed E-state index contributed by atoms with van der Waals surface area (Å²) in [6.45, 7) is 5.89. The lowest BCUT2D eigenvalue weighted by Crippen LogP contribution is -2.43. The van der Waals surface area contributed by atoms with Crippen molar-refractivity contribution in [1.82, 2.24) is 20.6 Å². The molecular formula is C22H29N5O2. The number of benzene rings is 1. The molecule has 0 unspecified atom stereocenters. The van der Waals surface area contributed by atoms with E-state index in [9.17, 15) is 4.79 Å². The monoisotopic (exact) mass is 395 g/mol. The lowest BCUT2D eigenvalue weighted by Gasteiger charge is -2.33. The van der Waals surface area contributed by atoms with E-state index in [-0.39, 0.29) is 18.1 Å². The fraction of sp³-hybridized carbons (Fsp3) is 0.500. The highest BCUT2D eigenvalue weighted by Gasteiger charge is 2.22. The highest BCUT2D eigenvalue weighted by Crippen LogP contribution is 2.22. The van der Waals surface area contributed by atoms with Gasteiger partial charge in [-0.3, -0.25) is 4.79 Å². The number of carbonyl (C=O) groups is 1. The van der Waals surface area contributed by atoms with Gasteiger partial charge in [-0.1, -0.05) is 17.7 Å². The van der Waals surface area contributed by atoms with Gasteiger partial charge in [0.15, 0.2) is 0 Å². The molecule has 7 heteroatoms. The van der Waals surface area contributed by atoms with E-state index in [2.05, 4.69) is 56.7 Å². The molecule has 2 fully saturated rings. The molecule has 3 heterocycles. The Kier molecular flexibility index (Phi) is 6.24. The Balaban J connectivity index is 1.26. The summed E-state index contributed by atoms with van der Waals surface area (Å²) in [5.41, 5.74) is 2.88. The van der Waals surface area contributed by atoms with Crippen molar-refractivity contribution in [3.05, 3.63) is 47.9 Å². The van der Waals surface area contributed by atoms with E-state index in [1.54, 1.807) is 6.20 Å². The van der Waals surface area contributed by atoms with Gasteiger partial charge >= 0.3 is 0 Å². The SMILES string of the molecule is Cc1ccc(N2CCC(Oc3cnc(C(=O)NC4CCNCC4)cn3)CC2)cc1. The molecule has 2 saturated heterocycles. The summed E-state index contributed by atoms with van der Waals surface area (Å²) < 4.78 is 6.00. The van der Waals surface area contributed by atoms with Crippen molar-refractivity contribution in [3.8, 4) is 5.88 Å². The van der Waals surface area contributed by atoms with Crippen LogP contribution in [0, 0.1) is 6.92 Å². The normalized spacial score (nSPS) is 18.4. The maximum atomic E-state index is 12.3. The third-order valence-corrected chi connectivity index (χ3v) is 5.66. The van der Waals surface area contributed by atoms with Gasteiger partial charge in [-0.2, -0.15) is 0 Å². The molecule has 4 rings (SSSR count). The highest BCUT2D eigenvalue weighted by molar-refractivity contribution is 5.92. The Hall–Kier alpha value is -2.67. The van der Waals surface area contributed by atoms with E-state index in [0.717, 1.165) is 51.9 Å². The minimum absolute atomic E-state index is 0.125. The molecule has 0 radical (unpaired) electrons. The zero-order valence-electron chi connectivity index (χ0n) is 16.9. The van der Waals surface area contributed by atoms with Gasteiger partial charge in [0, 0.05) is 37.7 Å². The average molecular weight is 396 g/mol. The van der Waals surface area contributed by atoms with Crippen molar-refractivity contribution < 1.29 is 9.53 Å². The zero-order valence-corrected chi connectivity index (χ0v) is 16.9. The second-order valence-corrected chi connectivity index (χ2v) is 7.88. The van der Waals surface area contributed by atoms with Crippen LogP contribution in [0.2, 0.25) is 0 Å². The number of piperidine rings is 2. The molecule has 1 aromatic carbocycles. The molecule has 0 aliphatic carbocycles. The minimum Gasteiger partial charge on any atom is -0.473 e. The van der Waals surface area contributed by atoms with Gasteiger partial charge in [0.25, 0.3) is 5.91 Å². The number of carbonyl (C=O) groups excluding carboxylic acids is 1. The molecule has 0 bridgehead atoms. The maximum Gasteiger partial charge on any atom is 0.271 e. The quantitative estimate of drug-likeness (QED) is 0.809. The summed E-state index contributed by atoms with van der Waals surface area (Å²) in [6.07, 6.45) is 6.96. The highest BCUT2D eigenvalue weighted by atomic mass is 16.5. The predicted octanol–water partition coefficient (Wildman–Crippen LogP) is 2.31. The first-order chi connectivity index (χ1) is 14.2. The topological polar surface area (TPSA) is 79.4 Å². The summed E-state index contributed by atoms with van der Waals surface area (Å²) in [5, 5.41) is 6.32. The van der Waals surface area contributed by atoms with Crippen LogP contribution < -0.4 is 20.3 Å². The summed E-state index contributed by atoms with van der Waals surface area (Å²) in [6, 6.07) is 8.86. The second-order valence-electron chi connectivity index (χ2n) is 7.88. The molecule has 1 aromatic heterocycles. The number of anilines is 1. The zero-order chi connectivity index (χ0) is 20.1. The van der Waals surface area contributed by atoms with Crippen LogP contribution >= 0.6 is 0 Å². The Morgan fingerprint density at radius 1 is 1.07 bits per heavy atom. The number of nitrogens with one attached hydrogen (secondary N) is 2. The molecular weight excluding hydrogens is 366 g/mol. The first-order valence-electron chi connectivity index (χ1n) is 10.5. The summed E-state index contributed by atoms with van der Waals surface area (Å²) in [5.74, 6) is 0.319. The van der Waals surface area contributed by atoms with Crippen LogP contribution in [0.4, 0.5) is 5.69 Å². The van der Waals surface area contributed by atoms with Gasteiger partial charge in [0.2, 0.25) is 5.88 Å². The lowest BCUT2D eigenvalue weighted by atomic mass is 10.1. The summed E-state index contributed by atoms with van der Waals surface area (Å²) >= 11 is 0. The molecule has 0 atom stereocenters. The molecule has 2 aliphatic rings. The largest absolute Gasteiger partial charge is 0.473 e. The first-order valence-corrected chi connectivity index (χ1v) is 10.5. The van der Waals surface area contributed by atoms with Crippen molar-refractivity contribution in [1.29, 1.82) is 0 Å². The van der Waals surface area contributed by atoms with E-state index < -0.39 is 0 Å². The number of aromatic nitrogens is 2. The van der Waals surface area contributed by atoms with E-state index >= 15 is 0 Å². The van der Waals surface area contributed by atoms with Gasteiger partial charge in [-0.15, -0.1) is 0 Å². The molecule has 0 spiro atoms. The predicted molar refractivity (Wildman–Crippen MR) is 112 cm³/mol. The minimum atomic E-state index is -0.164. The number of amides is 1. The maximum absolute atomic E-state index is 12.3. The number of hydrogen-bond donors (Lipinski definition) is 2. The van der Waals surface area contributed by atoms with Crippen LogP contribution in [0.5, 0.6) is 5.88 Å². The fourth-order valence-electron chi connectivity index (χ4n) is 3.88. The van der Waals surface area contributed by atoms with Gasteiger partial charge in [-0.25, -0.2) is 9.97 Å². The van der Waals surface area contributed by atoms with Gasteiger partial charge in [0.05, 0.1) is 12.4 Å². The molecule has 0 saturated carbocycles. The first kappa shape index (κ1) is 19.6. The Bertz CT molecular complexity index is 795. The standard InChI is InChI=1S/C22H29N5O2/c1-16-2-4-18(5-3-16)27-12-8-19(9-13-27)29-21-15-24-20(14-25-21)22(28)26-17-6-10-23-11-7-17/h2-5,14-15,17,19,23H,6-13H2,1H3,(H,26,28). The van der Waals surface area contributed by atoms with Gasteiger partial charge in [0.1, 0.15) is 11.8 Å². The Labute approximate surface area is 171 Å². The third kappa shape index (κ3) is 5.23. The van der Waals surface area contributed by atoms with E-state index in [0.29, 0.717) is 11.6 Å². The molecule has 1 amide bonds.